The van der Waals surface area contributed by atoms with Crippen molar-refractivity contribution < 1.29 is 9.13 Å². The maximum atomic E-state index is 13.9. The zero-order chi connectivity index (χ0) is 18.7. The van der Waals surface area contributed by atoms with Gasteiger partial charge in [-0.05, 0) is 42.8 Å². The van der Waals surface area contributed by atoms with Gasteiger partial charge in [0.2, 0.25) is 0 Å². The van der Waals surface area contributed by atoms with Crippen LogP contribution >= 0.6 is 15.9 Å². The molecule has 0 saturated heterocycles. The van der Waals surface area contributed by atoms with Crippen LogP contribution in [0.3, 0.4) is 0 Å². The maximum absolute atomic E-state index is 13.9. The minimum Gasteiger partial charge on any atom is -0.489 e. The van der Waals surface area contributed by atoms with Crippen molar-refractivity contribution in [1.29, 1.82) is 5.26 Å². The fraction of sp³-hybridized carbons (Fsp3) is 0.100. The van der Waals surface area contributed by atoms with E-state index in [0.29, 0.717) is 32.6 Å². The van der Waals surface area contributed by atoms with E-state index in [4.69, 9.17) is 4.74 Å². The lowest BCUT2D eigenvalue weighted by Crippen LogP contribution is -2.12. The molecule has 0 amide bonds. The molecule has 26 heavy (non-hydrogen) atoms. The first-order valence-electron chi connectivity index (χ1n) is 7.79. The Morgan fingerprint density at radius 3 is 2.77 bits per heavy atom. The van der Waals surface area contributed by atoms with Crippen LogP contribution < -0.4 is 10.3 Å². The number of benzene rings is 2. The average molecular weight is 413 g/mol. The zero-order valence-corrected chi connectivity index (χ0v) is 15.4. The molecule has 0 unspecified atom stereocenters. The summed E-state index contributed by atoms with van der Waals surface area (Å²) in [6.45, 7) is 1.82. The Labute approximate surface area is 158 Å². The molecule has 0 aliphatic rings. The lowest BCUT2D eigenvalue weighted by molar-refractivity contribution is 0.300. The molecular weight excluding hydrogens is 399 g/mol. The molecule has 0 radical (unpaired) electrons. The van der Waals surface area contributed by atoms with Crippen molar-refractivity contribution >= 4 is 15.9 Å². The fourth-order valence-corrected chi connectivity index (χ4v) is 2.91. The van der Waals surface area contributed by atoms with Crippen molar-refractivity contribution in [2.24, 2.45) is 0 Å². The van der Waals surface area contributed by atoms with Crippen molar-refractivity contribution in [3.05, 3.63) is 86.0 Å². The van der Waals surface area contributed by atoms with Gasteiger partial charge < -0.3 is 9.72 Å². The molecule has 1 heterocycles. The molecule has 3 aromatic rings. The van der Waals surface area contributed by atoms with Crippen molar-refractivity contribution in [2.75, 3.05) is 0 Å². The number of aromatic nitrogens is 1. The fourth-order valence-electron chi connectivity index (χ4n) is 2.58. The molecule has 0 aliphatic carbocycles. The zero-order valence-electron chi connectivity index (χ0n) is 13.8. The van der Waals surface area contributed by atoms with Gasteiger partial charge in [-0.1, -0.05) is 34.1 Å². The van der Waals surface area contributed by atoms with Crippen LogP contribution in [-0.4, -0.2) is 4.98 Å². The lowest BCUT2D eigenvalue weighted by atomic mass is 10.0. The standard InChI is InChI=1S/C20H14BrFN2O2/c1-12-7-17(18(10-23)20(25)24-12)13-3-2-4-16(8-13)26-11-14-5-6-15(21)9-19(14)22/h2-9H,11H2,1H3,(H,24,25). The predicted octanol–water partition coefficient (Wildman–Crippen LogP) is 4.70. The molecule has 0 fully saturated rings. The van der Waals surface area contributed by atoms with E-state index in [1.165, 1.54) is 6.07 Å². The van der Waals surface area contributed by atoms with Gasteiger partial charge in [-0.3, -0.25) is 4.79 Å². The molecule has 0 atom stereocenters. The van der Waals surface area contributed by atoms with Crippen LogP contribution in [0.5, 0.6) is 5.75 Å². The number of halogens is 2. The number of nitrogens with zero attached hydrogens (tertiary/aromatic N) is 1. The van der Waals surface area contributed by atoms with Crippen LogP contribution in [-0.2, 0) is 6.61 Å². The second-order valence-electron chi connectivity index (χ2n) is 5.73. The minimum absolute atomic E-state index is 0.0479. The largest absolute Gasteiger partial charge is 0.489 e. The quantitative estimate of drug-likeness (QED) is 0.674. The second-order valence-corrected chi connectivity index (χ2v) is 6.65. The second kappa shape index (κ2) is 7.54. The highest BCUT2D eigenvalue weighted by Crippen LogP contribution is 2.26. The number of aryl methyl sites for hydroxylation is 1. The molecule has 6 heteroatoms. The van der Waals surface area contributed by atoms with Gasteiger partial charge >= 0.3 is 0 Å². The van der Waals surface area contributed by atoms with Gasteiger partial charge in [-0.2, -0.15) is 5.26 Å². The Morgan fingerprint density at radius 1 is 1.23 bits per heavy atom. The smallest absolute Gasteiger partial charge is 0.266 e. The van der Waals surface area contributed by atoms with Crippen molar-refractivity contribution in [3.8, 4) is 22.9 Å². The van der Waals surface area contributed by atoms with E-state index in [0.717, 1.165) is 0 Å². The molecule has 4 nitrogen and oxygen atoms in total. The van der Waals surface area contributed by atoms with E-state index in [1.54, 1.807) is 49.4 Å². The summed E-state index contributed by atoms with van der Waals surface area (Å²) in [5, 5.41) is 9.28. The highest BCUT2D eigenvalue weighted by atomic mass is 79.9. The van der Waals surface area contributed by atoms with Crippen LogP contribution in [0.4, 0.5) is 4.39 Å². The first kappa shape index (κ1) is 17.9. The van der Waals surface area contributed by atoms with Gasteiger partial charge in [0, 0.05) is 21.3 Å². The number of nitrogens with one attached hydrogen (secondary N) is 1. The summed E-state index contributed by atoms with van der Waals surface area (Å²) in [4.78, 5) is 14.6. The average Bonchev–Trinajstić information content (AvgIpc) is 2.60. The topological polar surface area (TPSA) is 65.9 Å². The molecule has 0 bridgehead atoms. The minimum atomic E-state index is -0.425. The molecule has 3 rings (SSSR count). The summed E-state index contributed by atoms with van der Waals surface area (Å²) in [6.07, 6.45) is 0. The molecule has 2 aromatic carbocycles. The third-order valence-electron chi connectivity index (χ3n) is 3.83. The number of ether oxygens (including phenoxy) is 1. The highest BCUT2D eigenvalue weighted by molar-refractivity contribution is 9.10. The summed E-state index contributed by atoms with van der Waals surface area (Å²) >= 11 is 3.22. The van der Waals surface area contributed by atoms with Crippen LogP contribution in [0.2, 0.25) is 0 Å². The molecule has 0 saturated carbocycles. The third kappa shape index (κ3) is 3.84. The number of pyridine rings is 1. The Morgan fingerprint density at radius 2 is 2.04 bits per heavy atom. The Kier molecular flexibility index (Phi) is 5.19. The van der Waals surface area contributed by atoms with E-state index in [9.17, 15) is 14.4 Å². The van der Waals surface area contributed by atoms with Gasteiger partial charge in [0.15, 0.2) is 0 Å². The summed E-state index contributed by atoms with van der Waals surface area (Å²) in [5.74, 6) is 0.166. The first-order valence-corrected chi connectivity index (χ1v) is 8.58. The van der Waals surface area contributed by atoms with Gasteiger partial charge in [-0.25, -0.2) is 4.39 Å². The molecule has 0 spiro atoms. The van der Waals surface area contributed by atoms with E-state index in [1.807, 2.05) is 6.07 Å². The monoisotopic (exact) mass is 412 g/mol. The van der Waals surface area contributed by atoms with Crippen LogP contribution in [0.1, 0.15) is 16.8 Å². The molecule has 0 aliphatic heterocycles. The van der Waals surface area contributed by atoms with Crippen LogP contribution in [0.25, 0.3) is 11.1 Å². The number of aromatic amines is 1. The number of rotatable bonds is 4. The van der Waals surface area contributed by atoms with Crippen molar-refractivity contribution in [2.45, 2.75) is 13.5 Å². The van der Waals surface area contributed by atoms with Crippen molar-refractivity contribution in [1.82, 2.24) is 4.98 Å². The molecule has 130 valence electrons. The van der Waals surface area contributed by atoms with Gasteiger partial charge in [0.25, 0.3) is 5.56 Å². The first-order chi connectivity index (χ1) is 12.5. The van der Waals surface area contributed by atoms with Crippen LogP contribution in [0, 0.1) is 24.1 Å². The van der Waals surface area contributed by atoms with Crippen LogP contribution in [0.15, 0.2) is 57.8 Å². The van der Waals surface area contributed by atoms with E-state index < -0.39 is 5.56 Å². The number of nitriles is 1. The lowest BCUT2D eigenvalue weighted by Gasteiger charge is -2.10. The Hall–Kier alpha value is -2.91. The SMILES string of the molecule is Cc1cc(-c2cccc(OCc3ccc(Br)cc3F)c2)c(C#N)c(=O)[nH]1. The summed E-state index contributed by atoms with van der Waals surface area (Å²) in [7, 11) is 0. The number of H-pyrrole nitrogens is 1. The number of hydrogen-bond donors (Lipinski definition) is 1. The maximum Gasteiger partial charge on any atom is 0.266 e. The van der Waals surface area contributed by atoms with E-state index >= 15 is 0 Å². The van der Waals surface area contributed by atoms with Gasteiger partial charge in [-0.15, -0.1) is 0 Å². The van der Waals surface area contributed by atoms with Crippen molar-refractivity contribution in [3.63, 3.8) is 0 Å². The van der Waals surface area contributed by atoms with Gasteiger partial charge in [0.1, 0.15) is 29.8 Å². The summed E-state index contributed by atoms with van der Waals surface area (Å²) in [6, 6.07) is 15.5. The molecular formula is C20H14BrFN2O2. The normalized spacial score (nSPS) is 10.4. The number of hydrogen-bond acceptors (Lipinski definition) is 3. The molecule has 1 aromatic heterocycles. The Bertz CT molecular complexity index is 1070. The van der Waals surface area contributed by atoms with Gasteiger partial charge in [0.05, 0.1) is 0 Å². The Balaban J connectivity index is 1.90. The highest BCUT2D eigenvalue weighted by Gasteiger charge is 2.11. The van der Waals surface area contributed by atoms with E-state index in [-0.39, 0.29) is 18.0 Å². The summed E-state index contributed by atoms with van der Waals surface area (Å²) < 4.78 is 20.2. The summed E-state index contributed by atoms with van der Waals surface area (Å²) in [5.41, 5.74) is 1.94. The van der Waals surface area contributed by atoms with E-state index in [2.05, 4.69) is 20.9 Å². The molecule has 1 N–H and O–H groups in total. The predicted molar refractivity (Wildman–Crippen MR) is 100 cm³/mol. The third-order valence-corrected chi connectivity index (χ3v) is 4.33.